The van der Waals surface area contributed by atoms with Gasteiger partial charge in [-0.1, -0.05) is 46.0 Å². The number of nitrogens with one attached hydrogen (secondary N) is 1. The van der Waals surface area contributed by atoms with Gasteiger partial charge in [0.2, 0.25) is 0 Å². The van der Waals surface area contributed by atoms with Crippen molar-refractivity contribution in [1.29, 1.82) is 0 Å². The number of thiazole rings is 1. The Morgan fingerprint density at radius 1 is 1.14 bits per heavy atom. The molecule has 1 aromatic carbocycles. The first-order chi connectivity index (χ1) is 14.2. The van der Waals surface area contributed by atoms with Gasteiger partial charge in [-0.25, -0.2) is 4.98 Å². The summed E-state index contributed by atoms with van der Waals surface area (Å²) >= 11 is 1.68. The largest absolute Gasteiger partial charge is 0.494 e. The SMILES string of the molecule is CCCCCCCCOc1ccc(Nc2nc(CN3CCCC(C)C3)cs2)cc1. The van der Waals surface area contributed by atoms with Crippen LogP contribution in [0.4, 0.5) is 10.8 Å². The van der Waals surface area contributed by atoms with Gasteiger partial charge in [-0.15, -0.1) is 11.3 Å². The molecule has 29 heavy (non-hydrogen) atoms. The van der Waals surface area contributed by atoms with Gasteiger partial charge in [0, 0.05) is 24.2 Å². The number of piperidine rings is 1. The highest BCUT2D eigenvalue weighted by Gasteiger charge is 2.17. The molecule has 3 rings (SSSR count). The van der Waals surface area contributed by atoms with Crippen molar-refractivity contribution in [2.24, 2.45) is 5.92 Å². The van der Waals surface area contributed by atoms with Crippen molar-refractivity contribution in [2.75, 3.05) is 25.0 Å². The molecule has 1 N–H and O–H groups in total. The molecule has 0 amide bonds. The van der Waals surface area contributed by atoms with E-state index in [0.29, 0.717) is 0 Å². The molecular weight excluding hydrogens is 378 g/mol. The summed E-state index contributed by atoms with van der Waals surface area (Å²) in [4.78, 5) is 7.30. The first-order valence-corrected chi connectivity index (χ1v) is 12.3. The smallest absolute Gasteiger partial charge is 0.187 e. The lowest BCUT2D eigenvalue weighted by Crippen LogP contribution is -2.33. The third kappa shape index (κ3) is 7.98. The Kier molecular flexibility index (Phi) is 9.29. The molecule has 1 aliphatic rings. The molecule has 2 heterocycles. The van der Waals surface area contributed by atoms with Crippen molar-refractivity contribution in [3.8, 4) is 5.75 Å². The summed E-state index contributed by atoms with van der Waals surface area (Å²) in [6, 6.07) is 8.24. The van der Waals surface area contributed by atoms with Crippen LogP contribution in [0.25, 0.3) is 0 Å². The number of likely N-dealkylation sites (tertiary alicyclic amines) is 1. The second-order valence-corrected chi connectivity index (χ2v) is 9.25. The predicted octanol–water partition coefficient (Wildman–Crippen LogP) is 6.86. The Balaban J connectivity index is 1.38. The number of nitrogens with zero attached hydrogens (tertiary/aromatic N) is 2. The minimum Gasteiger partial charge on any atom is -0.494 e. The summed E-state index contributed by atoms with van der Waals surface area (Å²) in [5.41, 5.74) is 2.23. The molecule has 4 nitrogen and oxygen atoms in total. The fourth-order valence-corrected chi connectivity index (χ4v) is 4.65. The molecule has 0 spiro atoms. The molecule has 5 heteroatoms. The van der Waals surface area contributed by atoms with E-state index < -0.39 is 0 Å². The van der Waals surface area contributed by atoms with Gasteiger partial charge in [0.25, 0.3) is 0 Å². The maximum absolute atomic E-state index is 5.87. The highest BCUT2D eigenvalue weighted by molar-refractivity contribution is 7.13. The second kappa shape index (κ2) is 12.2. The van der Waals surface area contributed by atoms with Crippen molar-refractivity contribution in [3.05, 3.63) is 35.3 Å². The van der Waals surface area contributed by atoms with E-state index in [-0.39, 0.29) is 0 Å². The average molecular weight is 416 g/mol. The molecule has 0 bridgehead atoms. The summed E-state index contributed by atoms with van der Waals surface area (Å²) in [5.74, 6) is 1.75. The van der Waals surface area contributed by atoms with Crippen LogP contribution in [0.5, 0.6) is 5.75 Å². The molecule has 0 aliphatic carbocycles. The lowest BCUT2D eigenvalue weighted by atomic mass is 10.0. The molecule has 0 saturated carbocycles. The molecule has 1 aliphatic heterocycles. The predicted molar refractivity (Wildman–Crippen MR) is 124 cm³/mol. The number of aromatic nitrogens is 1. The second-order valence-electron chi connectivity index (χ2n) is 8.39. The Hall–Kier alpha value is -1.59. The Morgan fingerprint density at radius 2 is 1.93 bits per heavy atom. The van der Waals surface area contributed by atoms with Crippen LogP contribution in [0.1, 0.15) is 70.9 Å². The van der Waals surface area contributed by atoms with Crippen molar-refractivity contribution < 1.29 is 4.74 Å². The van der Waals surface area contributed by atoms with Gasteiger partial charge < -0.3 is 10.1 Å². The lowest BCUT2D eigenvalue weighted by molar-refractivity contribution is 0.175. The zero-order valence-electron chi connectivity index (χ0n) is 18.2. The van der Waals surface area contributed by atoms with Crippen LogP contribution in [-0.2, 0) is 6.54 Å². The van der Waals surface area contributed by atoms with Crippen LogP contribution in [0.15, 0.2) is 29.6 Å². The van der Waals surface area contributed by atoms with Crippen LogP contribution in [0.2, 0.25) is 0 Å². The number of benzene rings is 1. The number of anilines is 2. The fraction of sp³-hybridized carbons (Fsp3) is 0.625. The van der Waals surface area contributed by atoms with Gasteiger partial charge in [0.1, 0.15) is 5.75 Å². The molecule has 160 valence electrons. The fourth-order valence-electron chi connectivity index (χ4n) is 3.93. The summed E-state index contributed by atoms with van der Waals surface area (Å²) in [6.07, 6.45) is 10.4. The van der Waals surface area contributed by atoms with Crippen LogP contribution in [0, 0.1) is 5.92 Å². The molecule has 2 aromatic rings. The van der Waals surface area contributed by atoms with Gasteiger partial charge in [-0.3, -0.25) is 4.90 Å². The molecular formula is C24H37N3OS. The van der Waals surface area contributed by atoms with Crippen LogP contribution < -0.4 is 10.1 Å². The first kappa shape index (κ1) is 22.1. The summed E-state index contributed by atoms with van der Waals surface area (Å²) in [6.45, 7) is 8.77. The van der Waals surface area contributed by atoms with Crippen molar-refractivity contribution in [2.45, 2.75) is 71.8 Å². The van der Waals surface area contributed by atoms with Gasteiger partial charge in [-0.2, -0.15) is 0 Å². The zero-order chi connectivity index (χ0) is 20.3. The van der Waals surface area contributed by atoms with E-state index in [2.05, 4.69) is 41.6 Å². The molecule has 1 unspecified atom stereocenters. The van der Waals surface area contributed by atoms with E-state index in [1.54, 1.807) is 11.3 Å². The third-order valence-electron chi connectivity index (χ3n) is 5.55. The quantitative estimate of drug-likeness (QED) is 0.384. The summed E-state index contributed by atoms with van der Waals surface area (Å²) in [7, 11) is 0. The minimum atomic E-state index is 0.807. The van der Waals surface area contributed by atoms with Gasteiger partial charge in [0.05, 0.1) is 12.3 Å². The number of ether oxygens (including phenoxy) is 1. The van der Waals surface area contributed by atoms with E-state index in [4.69, 9.17) is 9.72 Å². The van der Waals surface area contributed by atoms with Crippen molar-refractivity contribution in [3.63, 3.8) is 0 Å². The van der Waals surface area contributed by atoms with E-state index in [1.807, 2.05) is 12.1 Å². The normalized spacial score (nSPS) is 17.4. The van der Waals surface area contributed by atoms with Crippen molar-refractivity contribution in [1.82, 2.24) is 9.88 Å². The number of hydrogen-bond acceptors (Lipinski definition) is 5. The molecule has 1 aromatic heterocycles. The maximum atomic E-state index is 5.87. The first-order valence-electron chi connectivity index (χ1n) is 11.4. The topological polar surface area (TPSA) is 37.4 Å². The van der Waals surface area contributed by atoms with Gasteiger partial charge >= 0.3 is 0 Å². The summed E-state index contributed by atoms with van der Waals surface area (Å²) in [5, 5.41) is 6.57. The zero-order valence-corrected chi connectivity index (χ0v) is 19.0. The van der Waals surface area contributed by atoms with Gasteiger partial charge in [-0.05, 0) is 56.0 Å². The Morgan fingerprint density at radius 3 is 2.72 bits per heavy atom. The van der Waals surface area contributed by atoms with E-state index in [0.717, 1.165) is 42.1 Å². The third-order valence-corrected chi connectivity index (χ3v) is 6.36. The molecule has 1 atom stereocenters. The number of hydrogen-bond donors (Lipinski definition) is 1. The van der Waals surface area contributed by atoms with Crippen molar-refractivity contribution >= 4 is 22.2 Å². The molecule has 1 saturated heterocycles. The highest BCUT2D eigenvalue weighted by atomic mass is 32.1. The minimum absolute atomic E-state index is 0.807. The maximum Gasteiger partial charge on any atom is 0.187 e. The number of rotatable bonds is 12. The van der Waals surface area contributed by atoms with E-state index >= 15 is 0 Å². The molecule has 1 fully saturated rings. The van der Waals surface area contributed by atoms with Crippen LogP contribution in [-0.4, -0.2) is 29.6 Å². The van der Waals surface area contributed by atoms with Crippen LogP contribution in [0.3, 0.4) is 0 Å². The van der Waals surface area contributed by atoms with Crippen LogP contribution >= 0.6 is 11.3 Å². The Bertz CT molecular complexity index is 700. The number of unbranched alkanes of at least 4 members (excludes halogenated alkanes) is 5. The van der Waals surface area contributed by atoms with E-state index in [1.165, 1.54) is 63.7 Å². The van der Waals surface area contributed by atoms with E-state index in [9.17, 15) is 0 Å². The van der Waals surface area contributed by atoms with Gasteiger partial charge in [0.15, 0.2) is 5.13 Å². The Labute approximate surface area is 180 Å². The lowest BCUT2D eigenvalue weighted by Gasteiger charge is -2.30. The summed E-state index contributed by atoms with van der Waals surface area (Å²) < 4.78 is 5.87. The monoisotopic (exact) mass is 415 g/mol. The average Bonchev–Trinajstić information content (AvgIpc) is 3.15. The molecule has 0 radical (unpaired) electrons. The standard InChI is InChI=1S/C24H37N3OS/c1-3-4-5-6-7-8-16-28-23-13-11-21(12-14-23)25-24-26-22(19-29-24)18-27-15-9-10-20(2)17-27/h11-14,19-20H,3-10,15-18H2,1-2H3,(H,25,26). The highest BCUT2D eigenvalue weighted by Crippen LogP contribution is 2.25.